The molecule has 1 aliphatic heterocycles. The number of carbonyl (C=O) groups excluding carboxylic acids is 1. The molecule has 0 saturated carbocycles. The van der Waals surface area contributed by atoms with Crippen LogP contribution in [0.4, 0.5) is 0 Å². The number of fused-ring (bicyclic) bond motifs is 1. The second-order valence-corrected chi connectivity index (χ2v) is 5.18. The van der Waals surface area contributed by atoms with Crippen molar-refractivity contribution in [3.05, 3.63) is 58.1 Å². The molecule has 1 amide bonds. The highest BCUT2D eigenvalue weighted by Crippen LogP contribution is 2.31. The van der Waals surface area contributed by atoms with Crippen molar-refractivity contribution in [1.29, 1.82) is 0 Å². The van der Waals surface area contributed by atoms with Crippen molar-refractivity contribution in [3.63, 3.8) is 0 Å². The van der Waals surface area contributed by atoms with Gasteiger partial charge in [0.1, 0.15) is 0 Å². The fourth-order valence-electron chi connectivity index (χ4n) is 1.96. The molecule has 0 aromatic heterocycles. The largest absolute Gasteiger partial charge is 0.454 e. The van der Waals surface area contributed by atoms with E-state index in [2.05, 4.69) is 10.5 Å². The number of hydrazone groups is 1. The van der Waals surface area contributed by atoms with Gasteiger partial charge in [0.25, 0.3) is 5.91 Å². The van der Waals surface area contributed by atoms with Gasteiger partial charge in [0.05, 0.1) is 6.21 Å². The first-order chi connectivity index (χ1) is 10.6. The second kappa shape index (κ2) is 6.07. The van der Waals surface area contributed by atoms with Gasteiger partial charge in [-0.3, -0.25) is 4.79 Å². The van der Waals surface area contributed by atoms with Crippen LogP contribution in [0.15, 0.2) is 41.5 Å². The van der Waals surface area contributed by atoms with Gasteiger partial charge in [0.15, 0.2) is 11.5 Å². The smallest absolute Gasteiger partial charge is 0.271 e. The number of hydrogen-bond acceptors (Lipinski definition) is 4. The van der Waals surface area contributed by atoms with E-state index >= 15 is 0 Å². The Morgan fingerprint density at radius 3 is 2.86 bits per heavy atom. The van der Waals surface area contributed by atoms with Crippen LogP contribution in [-0.4, -0.2) is 18.9 Å². The standard InChI is InChI=1S/C16H13ClN2O3/c1-10-2-4-12(7-13(10)17)16(20)19-18-8-11-3-5-14-15(6-11)22-9-21-14/h2-8H,9H2,1H3,(H,19,20)/b18-8-. The summed E-state index contributed by atoms with van der Waals surface area (Å²) in [6.45, 7) is 2.10. The van der Waals surface area contributed by atoms with E-state index in [0.717, 1.165) is 11.1 Å². The van der Waals surface area contributed by atoms with Gasteiger partial charge in [0, 0.05) is 10.6 Å². The van der Waals surface area contributed by atoms with E-state index in [1.165, 1.54) is 6.21 Å². The molecular formula is C16H13ClN2O3. The molecule has 0 bridgehead atoms. The average Bonchev–Trinajstić information content (AvgIpc) is 2.97. The zero-order valence-corrected chi connectivity index (χ0v) is 12.6. The van der Waals surface area contributed by atoms with Gasteiger partial charge in [-0.15, -0.1) is 0 Å². The maximum absolute atomic E-state index is 12.0. The van der Waals surface area contributed by atoms with E-state index < -0.39 is 0 Å². The molecule has 1 N–H and O–H groups in total. The monoisotopic (exact) mass is 316 g/mol. The molecule has 1 aliphatic rings. The zero-order chi connectivity index (χ0) is 15.5. The van der Waals surface area contributed by atoms with Crippen LogP contribution in [0, 0.1) is 6.92 Å². The molecule has 0 fully saturated rings. The molecule has 5 nitrogen and oxygen atoms in total. The Bertz CT molecular complexity index is 759. The molecule has 1 heterocycles. The molecule has 2 aromatic carbocycles. The molecule has 6 heteroatoms. The number of ether oxygens (including phenoxy) is 2. The van der Waals surface area contributed by atoms with Crippen LogP contribution in [-0.2, 0) is 0 Å². The summed E-state index contributed by atoms with van der Waals surface area (Å²) in [4.78, 5) is 12.0. The van der Waals surface area contributed by atoms with Crippen LogP contribution in [0.1, 0.15) is 21.5 Å². The van der Waals surface area contributed by atoms with E-state index in [0.29, 0.717) is 22.1 Å². The Hall–Kier alpha value is -2.53. The lowest BCUT2D eigenvalue weighted by Gasteiger charge is -2.02. The molecule has 0 spiro atoms. The van der Waals surface area contributed by atoms with E-state index in [-0.39, 0.29) is 12.7 Å². The summed E-state index contributed by atoms with van der Waals surface area (Å²) >= 11 is 6.00. The van der Waals surface area contributed by atoms with Gasteiger partial charge >= 0.3 is 0 Å². The second-order valence-electron chi connectivity index (χ2n) is 4.78. The van der Waals surface area contributed by atoms with E-state index in [4.69, 9.17) is 21.1 Å². The summed E-state index contributed by atoms with van der Waals surface area (Å²) in [5.41, 5.74) is 4.63. The molecule has 22 heavy (non-hydrogen) atoms. The highest BCUT2D eigenvalue weighted by Gasteiger charge is 2.12. The molecule has 3 rings (SSSR count). The maximum atomic E-state index is 12.0. The van der Waals surface area contributed by atoms with Crippen LogP contribution in [0.25, 0.3) is 0 Å². The first-order valence-corrected chi connectivity index (χ1v) is 7.00. The molecule has 0 radical (unpaired) electrons. The van der Waals surface area contributed by atoms with Crippen LogP contribution >= 0.6 is 11.6 Å². The van der Waals surface area contributed by atoms with Crippen LogP contribution in [0.2, 0.25) is 5.02 Å². The molecule has 2 aromatic rings. The molecule has 0 aliphatic carbocycles. The number of amides is 1. The Labute approximate surface area is 132 Å². The van der Waals surface area contributed by atoms with Gasteiger partial charge < -0.3 is 9.47 Å². The topological polar surface area (TPSA) is 59.9 Å². The van der Waals surface area contributed by atoms with Crippen molar-refractivity contribution >= 4 is 23.7 Å². The summed E-state index contributed by atoms with van der Waals surface area (Å²) in [5.74, 6) is 1.05. The summed E-state index contributed by atoms with van der Waals surface area (Å²) in [6.07, 6.45) is 1.54. The Balaban J connectivity index is 1.66. The van der Waals surface area contributed by atoms with Crippen molar-refractivity contribution in [2.24, 2.45) is 5.10 Å². The zero-order valence-electron chi connectivity index (χ0n) is 11.8. The van der Waals surface area contributed by atoms with Crippen LogP contribution in [0.5, 0.6) is 11.5 Å². The lowest BCUT2D eigenvalue weighted by Crippen LogP contribution is -2.17. The third-order valence-electron chi connectivity index (χ3n) is 3.21. The number of carbonyl (C=O) groups is 1. The van der Waals surface area contributed by atoms with E-state index in [1.807, 2.05) is 13.0 Å². The predicted molar refractivity (Wildman–Crippen MR) is 83.8 cm³/mol. The number of aryl methyl sites for hydroxylation is 1. The van der Waals surface area contributed by atoms with Crippen molar-refractivity contribution in [2.45, 2.75) is 6.92 Å². The summed E-state index contributed by atoms with van der Waals surface area (Å²) in [6, 6.07) is 10.5. The Morgan fingerprint density at radius 2 is 2.05 bits per heavy atom. The van der Waals surface area contributed by atoms with Crippen LogP contribution < -0.4 is 14.9 Å². The molecule has 0 unspecified atom stereocenters. The number of rotatable bonds is 3. The van der Waals surface area contributed by atoms with Crippen LogP contribution in [0.3, 0.4) is 0 Å². The minimum Gasteiger partial charge on any atom is -0.454 e. The van der Waals surface area contributed by atoms with E-state index in [9.17, 15) is 4.79 Å². The van der Waals surface area contributed by atoms with E-state index in [1.54, 1.807) is 30.3 Å². The predicted octanol–water partition coefficient (Wildman–Crippen LogP) is 3.14. The molecule has 112 valence electrons. The Morgan fingerprint density at radius 1 is 1.23 bits per heavy atom. The fraction of sp³-hybridized carbons (Fsp3) is 0.125. The number of hydrogen-bond donors (Lipinski definition) is 1. The SMILES string of the molecule is Cc1ccc(C(=O)N/N=C\c2ccc3c(c2)OCO3)cc1Cl. The van der Waals surface area contributed by atoms with Crippen molar-refractivity contribution in [1.82, 2.24) is 5.43 Å². The third-order valence-corrected chi connectivity index (χ3v) is 3.62. The third kappa shape index (κ3) is 3.04. The minimum absolute atomic E-state index is 0.223. The lowest BCUT2D eigenvalue weighted by molar-refractivity contribution is 0.0955. The number of halogens is 1. The quantitative estimate of drug-likeness (QED) is 0.699. The molecule has 0 atom stereocenters. The average molecular weight is 317 g/mol. The van der Waals surface area contributed by atoms with Crippen molar-refractivity contribution < 1.29 is 14.3 Å². The van der Waals surface area contributed by atoms with Crippen molar-refractivity contribution in [2.75, 3.05) is 6.79 Å². The fourth-order valence-corrected chi connectivity index (χ4v) is 2.14. The van der Waals surface area contributed by atoms with Gasteiger partial charge in [-0.1, -0.05) is 17.7 Å². The number of nitrogens with one attached hydrogen (secondary N) is 1. The first-order valence-electron chi connectivity index (χ1n) is 6.63. The number of benzene rings is 2. The summed E-state index contributed by atoms with van der Waals surface area (Å²) < 4.78 is 10.5. The first kappa shape index (κ1) is 14.4. The highest BCUT2D eigenvalue weighted by molar-refractivity contribution is 6.31. The molecule has 0 saturated heterocycles. The van der Waals surface area contributed by atoms with Gasteiger partial charge in [-0.05, 0) is 48.4 Å². The van der Waals surface area contributed by atoms with Gasteiger partial charge in [-0.2, -0.15) is 5.10 Å². The van der Waals surface area contributed by atoms with Crippen molar-refractivity contribution in [3.8, 4) is 11.5 Å². The highest BCUT2D eigenvalue weighted by atomic mass is 35.5. The lowest BCUT2D eigenvalue weighted by atomic mass is 10.1. The van der Waals surface area contributed by atoms with Gasteiger partial charge in [-0.25, -0.2) is 5.43 Å². The Kier molecular flexibility index (Phi) is 3.98. The minimum atomic E-state index is -0.320. The number of nitrogens with zero attached hydrogens (tertiary/aromatic N) is 1. The summed E-state index contributed by atoms with van der Waals surface area (Å²) in [5, 5.41) is 4.48. The summed E-state index contributed by atoms with van der Waals surface area (Å²) in [7, 11) is 0. The maximum Gasteiger partial charge on any atom is 0.271 e. The normalized spacial score (nSPS) is 12.6. The molecular weight excluding hydrogens is 304 g/mol. The van der Waals surface area contributed by atoms with Gasteiger partial charge in [0.2, 0.25) is 6.79 Å².